The van der Waals surface area contributed by atoms with Gasteiger partial charge in [0.1, 0.15) is 5.75 Å². The van der Waals surface area contributed by atoms with E-state index in [4.69, 9.17) is 11.6 Å². The lowest BCUT2D eigenvalue weighted by molar-refractivity contribution is -0.118. The number of carbonyl (C=O) groups excluding carboxylic acids is 1. The third kappa shape index (κ3) is 7.61. The van der Waals surface area contributed by atoms with Crippen LogP contribution >= 0.6 is 11.6 Å². The van der Waals surface area contributed by atoms with Gasteiger partial charge in [0.2, 0.25) is 5.91 Å². The van der Waals surface area contributed by atoms with Crippen molar-refractivity contribution in [1.29, 1.82) is 0 Å². The Morgan fingerprint density at radius 2 is 2.09 bits per heavy atom. The summed E-state index contributed by atoms with van der Waals surface area (Å²) in [5.41, 5.74) is 0. The standard InChI is InChI=1S/C5H10ClNO3S/c1-11(9,10)4-5(8)7-3-2-6/h2-4H2,1H3,(H,7,8). The summed E-state index contributed by atoms with van der Waals surface area (Å²) in [7, 11) is -3.21. The van der Waals surface area contributed by atoms with Crippen LogP contribution < -0.4 is 5.32 Å². The van der Waals surface area contributed by atoms with Gasteiger partial charge in [-0.15, -0.1) is 11.6 Å². The van der Waals surface area contributed by atoms with Crippen LogP contribution in [0, 0.1) is 0 Å². The molecule has 6 heteroatoms. The number of alkyl halides is 1. The summed E-state index contributed by atoms with van der Waals surface area (Å²) in [4.78, 5) is 10.7. The fourth-order valence-corrected chi connectivity index (χ4v) is 1.15. The average Bonchev–Trinajstić information content (AvgIpc) is 1.79. The number of hydrogen-bond acceptors (Lipinski definition) is 3. The van der Waals surface area contributed by atoms with Gasteiger partial charge in [0, 0.05) is 18.7 Å². The summed E-state index contributed by atoms with van der Waals surface area (Å²) in [6.07, 6.45) is 1.01. The molecule has 0 saturated heterocycles. The van der Waals surface area contributed by atoms with E-state index in [0.717, 1.165) is 6.26 Å². The minimum absolute atomic E-state index is 0.287. The van der Waals surface area contributed by atoms with Crippen molar-refractivity contribution in [2.75, 3.05) is 24.4 Å². The maximum absolute atomic E-state index is 10.7. The van der Waals surface area contributed by atoms with E-state index in [2.05, 4.69) is 5.32 Å². The second-order valence-corrected chi connectivity index (χ2v) is 4.63. The molecule has 11 heavy (non-hydrogen) atoms. The zero-order valence-corrected chi connectivity index (χ0v) is 7.70. The van der Waals surface area contributed by atoms with E-state index in [1.807, 2.05) is 0 Å². The van der Waals surface area contributed by atoms with E-state index in [9.17, 15) is 13.2 Å². The van der Waals surface area contributed by atoms with Crippen LogP contribution in [0.25, 0.3) is 0 Å². The molecule has 0 aromatic rings. The molecule has 1 amide bonds. The monoisotopic (exact) mass is 199 g/mol. The van der Waals surface area contributed by atoms with Gasteiger partial charge in [-0.05, 0) is 0 Å². The number of sulfone groups is 1. The molecule has 0 aromatic heterocycles. The second kappa shape index (κ2) is 4.56. The molecule has 0 atom stereocenters. The summed E-state index contributed by atoms with van der Waals surface area (Å²) in [5, 5.41) is 2.34. The Hall–Kier alpha value is -0.290. The number of rotatable bonds is 4. The van der Waals surface area contributed by atoms with Crippen LogP contribution in [0.5, 0.6) is 0 Å². The van der Waals surface area contributed by atoms with Gasteiger partial charge in [-0.25, -0.2) is 8.42 Å². The zero-order chi connectivity index (χ0) is 8.91. The number of nitrogens with one attached hydrogen (secondary N) is 1. The highest BCUT2D eigenvalue weighted by atomic mass is 35.5. The Balaban J connectivity index is 3.71. The Kier molecular flexibility index (Phi) is 4.44. The van der Waals surface area contributed by atoms with Crippen LogP contribution in [0.3, 0.4) is 0 Å². The molecule has 0 aliphatic heterocycles. The quantitative estimate of drug-likeness (QED) is 0.615. The molecule has 0 aliphatic rings. The van der Waals surface area contributed by atoms with E-state index in [-0.39, 0.29) is 5.88 Å². The molecule has 0 spiro atoms. The van der Waals surface area contributed by atoms with Crippen molar-refractivity contribution in [2.45, 2.75) is 0 Å². The molecule has 0 saturated carbocycles. The van der Waals surface area contributed by atoms with Crippen molar-refractivity contribution in [2.24, 2.45) is 0 Å². The van der Waals surface area contributed by atoms with Gasteiger partial charge in [0.25, 0.3) is 0 Å². The summed E-state index contributed by atoms with van der Waals surface area (Å²) >= 11 is 5.25. The highest BCUT2D eigenvalue weighted by molar-refractivity contribution is 7.91. The normalized spacial score (nSPS) is 11.1. The van der Waals surface area contributed by atoms with E-state index in [1.165, 1.54) is 0 Å². The number of halogens is 1. The van der Waals surface area contributed by atoms with E-state index >= 15 is 0 Å². The maximum atomic E-state index is 10.7. The van der Waals surface area contributed by atoms with Gasteiger partial charge < -0.3 is 5.32 Å². The molecular weight excluding hydrogens is 190 g/mol. The molecular formula is C5H10ClNO3S. The van der Waals surface area contributed by atoms with E-state index < -0.39 is 21.5 Å². The Morgan fingerprint density at radius 3 is 2.45 bits per heavy atom. The van der Waals surface area contributed by atoms with Crippen molar-refractivity contribution >= 4 is 27.3 Å². The first-order valence-electron chi connectivity index (χ1n) is 2.96. The molecule has 4 nitrogen and oxygen atoms in total. The predicted octanol–water partition coefficient (Wildman–Crippen LogP) is -0.614. The maximum Gasteiger partial charge on any atom is 0.235 e. The Morgan fingerprint density at radius 1 is 1.55 bits per heavy atom. The van der Waals surface area contributed by atoms with Crippen LogP contribution in [0.15, 0.2) is 0 Å². The smallest absolute Gasteiger partial charge is 0.235 e. The van der Waals surface area contributed by atoms with Gasteiger partial charge in [0.05, 0.1) is 0 Å². The highest BCUT2D eigenvalue weighted by Crippen LogP contribution is 1.81. The third-order valence-corrected chi connectivity index (χ3v) is 1.79. The summed E-state index contributed by atoms with van der Waals surface area (Å²) < 4.78 is 21.0. The van der Waals surface area contributed by atoms with Crippen molar-refractivity contribution in [1.82, 2.24) is 5.32 Å². The molecule has 0 fully saturated rings. The summed E-state index contributed by atoms with van der Waals surface area (Å²) in [6.45, 7) is 0.301. The Labute approximate surface area is 70.8 Å². The zero-order valence-electron chi connectivity index (χ0n) is 6.13. The van der Waals surface area contributed by atoms with Gasteiger partial charge in [0.15, 0.2) is 9.84 Å². The van der Waals surface area contributed by atoms with Gasteiger partial charge >= 0.3 is 0 Å². The van der Waals surface area contributed by atoms with Crippen molar-refractivity contribution < 1.29 is 13.2 Å². The number of hydrogen-bond donors (Lipinski definition) is 1. The fourth-order valence-electron chi connectivity index (χ4n) is 0.476. The van der Waals surface area contributed by atoms with Crippen LogP contribution in [0.4, 0.5) is 0 Å². The summed E-state index contributed by atoms with van der Waals surface area (Å²) in [6, 6.07) is 0. The minimum atomic E-state index is -3.21. The van der Waals surface area contributed by atoms with Crippen molar-refractivity contribution in [3.63, 3.8) is 0 Å². The Bertz CT molecular complexity index is 224. The van der Waals surface area contributed by atoms with Crippen LogP contribution in [0.1, 0.15) is 0 Å². The molecule has 0 bridgehead atoms. The molecule has 66 valence electrons. The number of amides is 1. The second-order valence-electron chi connectivity index (χ2n) is 2.11. The molecule has 0 radical (unpaired) electrons. The van der Waals surface area contributed by atoms with Crippen LogP contribution in [0.2, 0.25) is 0 Å². The topological polar surface area (TPSA) is 63.2 Å². The van der Waals surface area contributed by atoms with E-state index in [1.54, 1.807) is 0 Å². The van der Waals surface area contributed by atoms with Crippen molar-refractivity contribution in [3.8, 4) is 0 Å². The first-order valence-corrected chi connectivity index (χ1v) is 5.55. The predicted molar refractivity (Wildman–Crippen MR) is 43.4 cm³/mol. The molecule has 0 unspecified atom stereocenters. The molecule has 0 aromatic carbocycles. The van der Waals surface area contributed by atoms with Crippen LogP contribution in [-0.2, 0) is 14.6 Å². The van der Waals surface area contributed by atoms with Gasteiger partial charge in [-0.1, -0.05) is 0 Å². The van der Waals surface area contributed by atoms with Gasteiger partial charge in [-0.2, -0.15) is 0 Å². The first-order chi connectivity index (χ1) is 4.95. The molecule has 1 N–H and O–H groups in total. The lowest BCUT2D eigenvalue weighted by Gasteiger charge is -1.99. The lowest BCUT2D eigenvalue weighted by atomic mass is 10.6. The fraction of sp³-hybridized carbons (Fsp3) is 0.800. The SMILES string of the molecule is CS(=O)(=O)CC(=O)NCCCl. The summed E-state index contributed by atoms with van der Waals surface area (Å²) in [5.74, 6) is -0.688. The molecule has 0 aliphatic carbocycles. The third-order valence-electron chi connectivity index (χ3n) is 0.810. The number of carbonyl (C=O) groups is 1. The minimum Gasteiger partial charge on any atom is -0.354 e. The van der Waals surface area contributed by atoms with Crippen molar-refractivity contribution in [3.05, 3.63) is 0 Å². The largest absolute Gasteiger partial charge is 0.354 e. The van der Waals surface area contributed by atoms with Gasteiger partial charge in [-0.3, -0.25) is 4.79 Å². The van der Waals surface area contributed by atoms with E-state index in [0.29, 0.717) is 6.54 Å². The molecule has 0 rings (SSSR count). The molecule has 0 heterocycles. The van der Waals surface area contributed by atoms with Crippen LogP contribution in [-0.4, -0.2) is 38.8 Å². The highest BCUT2D eigenvalue weighted by Gasteiger charge is 2.08. The lowest BCUT2D eigenvalue weighted by Crippen LogP contribution is -2.31. The first kappa shape index (κ1) is 10.7. The average molecular weight is 200 g/mol.